The Bertz CT molecular complexity index is 595. The van der Waals surface area contributed by atoms with Crippen molar-refractivity contribution >= 4 is 17.6 Å². The van der Waals surface area contributed by atoms with E-state index in [9.17, 15) is 19.7 Å². The number of ether oxygens (including phenoxy) is 1. The first kappa shape index (κ1) is 18.3. The minimum absolute atomic E-state index is 0.0945. The van der Waals surface area contributed by atoms with Gasteiger partial charge < -0.3 is 10.1 Å². The molecular formula is C16H20N2O5. The van der Waals surface area contributed by atoms with Crippen LogP contribution in [-0.4, -0.2) is 22.8 Å². The molecule has 1 aromatic rings. The first-order valence-electron chi connectivity index (χ1n) is 7.27. The summed E-state index contributed by atoms with van der Waals surface area (Å²) in [5.41, 5.74) is 0.206. The van der Waals surface area contributed by atoms with Crippen molar-refractivity contribution in [3.8, 4) is 5.75 Å². The van der Waals surface area contributed by atoms with E-state index in [2.05, 4.69) is 11.9 Å². The topological polar surface area (TPSA) is 98.5 Å². The summed E-state index contributed by atoms with van der Waals surface area (Å²) in [5.74, 6) is -0.833. The van der Waals surface area contributed by atoms with E-state index in [0.717, 1.165) is 12.8 Å². The molecule has 0 aliphatic rings. The lowest BCUT2D eigenvalue weighted by Gasteiger charge is -2.17. The summed E-state index contributed by atoms with van der Waals surface area (Å²) < 4.78 is 5.18. The molecule has 7 nitrogen and oxygen atoms in total. The number of nitrogens with zero attached hydrogens (tertiary/aromatic N) is 1. The second-order valence-electron chi connectivity index (χ2n) is 5.12. The van der Waals surface area contributed by atoms with Gasteiger partial charge in [-0.05, 0) is 25.5 Å². The van der Waals surface area contributed by atoms with Crippen LogP contribution in [0.4, 0.5) is 5.69 Å². The van der Waals surface area contributed by atoms with Gasteiger partial charge in [-0.15, -0.1) is 0 Å². The fourth-order valence-electron chi connectivity index (χ4n) is 1.76. The SMILES string of the molecule is C=C(C)C(=O)NC(CCCC)C(=O)Oc1ccc([N+](=O)[O-])cc1. The van der Waals surface area contributed by atoms with Crippen molar-refractivity contribution < 1.29 is 19.2 Å². The molecule has 1 atom stereocenters. The maximum Gasteiger partial charge on any atom is 0.334 e. The molecule has 0 radical (unpaired) electrons. The summed E-state index contributed by atoms with van der Waals surface area (Å²) in [5, 5.41) is 13.2. The highest BCUT2D eigenvalue weighted by molar-refractivity contribution is 5.95. The number of esters is 1. The van der Waals surface area contributed by atoms with Crippen LogP contribution in [0.2, 0.25) is 0 Å². The number of amides is 1. The number of hydrogen-bond donors (Lipinski definition) is 1. The predicted octanol–water partition coefficient (Wildman–Crippen LogP) is 2.75. The van der Waals surface area contributed by atoms with Gasteiger partial charge in [-0.25, -0.2) is 4.79 Å². The predicted molar refractivity (Wildman–Crippen MR) is 85.0 cm³/mol. The molecule has 0 fully saturated rings. The minimum atomic E-state index is -0.783. The van der Waals surface area contributed by atoms with E-state index in [4.69, 9.17) is 4.74 Å². The minimum Gasteiger partial charge on any atom is -0.425 e. The van der Waals surface area contributed by atoms with E-state index in [-0.39, 0.29) is 11.4 Å². The lowest BCUT2D eigenvalue weighted by Crippen LogP contribution is -2.43. The normalized spacial score (nSPS) is 11.4. The van der Waals surface area contributed by atoms with E-state index >= 15 is 0 Å². The zero-order valence-corrected chi connectivity index (χ0v) is 13.2. The molecule has 0 aliphatic carbocycles. The highest BCUT2D eigenvalue weighted by atomic mass is 16.6. The van der Waals surface area contributed by atoms with Crippen LogP contribution in [0.1, 0.15) is 33.1 Å². The molecule has 0 heterocycles. The number of nitrogens with one attached hydrogen (secondary N) is 1. The second kappa shape index (κ2) is 8.67. The fraction of sp³-hybridized carbons (Fsp3) is 0.375. The Morgan fingerprint density at radius 1 is 1.35 bits per heavy atom. The van der Waals surface area contributed by atoms with Crippen molar-refractivity contribution in [2.45, 2.75) is 39.2 Å². The molecule has 0 saturated carbocycles. The molecule has 7 heteroatoms. The number of unbranched alkanes of at least 4 members (excludes halogenated alkanes) is 1. The van der Waals surface area contributed by atoms with Crippen molar-refractivity contribution in [2.24, 2.45) is 0 Å². The molecular weight excluding hydrogens is 300 g/mol. The number of non-ortho nitro benzene ring substituents is 1. The number of nitro groups is 1. The molecule has 1 amide bonds. The molecule has 1 N–H and O–H groups in total. The van der Waals surface area contributed by atoms with Gasteiger partial charge in [-0.2, -0.15) is 0 Å². The van der Waals surface area contributed by atoms with E-state index in [1.807, 2.05) is 6.92 Å². The molecule has 0 aromatic heterocycles. The number of nitro benzene ring substituents is 1. The number of rotatable bonds is 8. The Morgan fingerprint density at radius 3 is 2.43 bits per heavy atom. The highest BCUT2D eigenvalue weighted by Gasteiger charge is 2.22. The van der Waals surface area contributed by atoms with Gasteiger partial charge in [0.1, 0.15) is 11.8 Å². The molecule has 0 spiro atoms. The fourth-order valence-corrected chi connectivity index (χ4v) is 1.76. The van der Waals surface area contributed by atoms with E-state index in [1.165, 1.54) is 24.3 Å². The molecule has 0 aliphatic heterocycles. The molecule has 1 rings (SSSR count). The summed E-state index contributed by atoms with van der Waals surface area (Å²) in [6.45, 7) is 7.05. The van der Waals surface area contributed by atoms with E-state index in [0.29, 0.717) is 12.0 Å². The summed E-state index contributed by atoms with van der Waals surface area (Å²) in [6, 6.07) is 4.39. The van der Waals surface area contributed by atoms with Crippen LogP contribution < -0.4 is 10.1 Å². The third-order valence-corrected chi connectivity index (χ3v) is 3.09. The zero-order chi connectivity index (χ0) is 17.4. The van der Waals surface area contributed by atoms with Gasteiger partial charge in [0.05, 0.1) is 4.92 Å². The largest absolute Gasteiger partial charge is 0.425 e. The summed E-state index contributed by atoms with van der Waals surface area (Å²) in [7, 11) is 0. The maximum atomic E-state index is 12.2. The van der Waals surface area contributed by atoms with Gasteiger partial charge in [0.2, 0.25) is 5.91 Å². The summed E-state index contributed by atoms with van der Waals surface area (Å²) >= 11 is 0. The van der Waals surface area contributed by atoms with E-state index < -0.39 is 22.8 Å². The monoisotopic (exact) mass is 320 g/mol. The van der Waals surface area contributed by atoms with Crippen molar-refractivity contribution in [1.29, 1.82) is 0 Å². The van der Waals surface area contributed by atoms with Gasteiger partial charge in [0.15, 0.2) is 0 Å². The summed E-state index contributed by atoms with van der Waals surface area (Å²) in [6.07, 6.45) is 2.06. The molecule has 124 valence electrons. The molecule has 0 bridgehead atoms. The Morgan fingerprint density at radius 2 is 1.96 bits per heavy atom. The second-order valence-corrected chi connectivity index (χ2v) is 5.12. The standard InChI is InChI=1S/C16H20N2O5/c1-4-5-6-14(17-15(19)11(2)3)16(20)23-13-9-7-12(8-10-13)18(21)22/h7-10,14H,2,4-6H2,1,3H3,(H,17,19). The quantitative estimate of drug-likeness (QED) is 0.261. The average molecular weight is 320 g/mol. The summed E-state index contributed by atoms with van der Waals surface area (Å²) in [4.78, 5) is 33.9. The molecule has 1 unspecified atom stereocenters. The van der Waals surface area contributed by atoms with Crippen molar-refractivity contribution in [1.82, 2.24) is 5.32 Å². The van der Waals surface area contributed by atoms with Crippen LogP contribution >= 0.6 is 0 Å². The van der Waals surface area contributed by atoms with Crippen LogP contribution in [0, 0.1) is 10.1 Å². The third-order valence-electron chi connectivity index (χ3n) is 3.09. The van der Waals surface area contributed by atoms with Gasteiger partial charge >= 0.3 is 5.97 Å². The van der Waals surface area contributed by atoms with Gasteiger partial charge in [-0.1, -0.05) is 26.3 Å². The van der Waals surface area contributed by atoms with Crippen LogP contribution in [0.15, 0.2) is 36.4 Å². The number of carbonyl (C=O) groups excluding carboxylic acids is 2. The highest BCUT2D eigenvalue weighted by Crippen LogP contribution is 2.18. The molecule has 0 saturated heterocycles. The van der Waals surface area contributed by atoms with Crippen LogP contribution in [0.25, 0.3) is 0 Å². The van der Waals surface area contributed by atoms with Crippen LogP contribution in [-0.2, 0) is 9.59 Å². The first-order valence-corrected chi connectivity index (χ1v) is 7.27. The number of benzene rings is 1. The van der Waals surface area contributed by atoms with Gasteiger partial charge in [0.25, 0.3) is 5.69 Å². The maximum absolute atomic E-state index is 12.2. The zero-order valence-electron chi connectivity index (χ0n) is 13.2. The third kappa shape index (κ3) is 5.90. The van der Waals surface area contributed by atoms with Crippen LogP contribution in [0.3, 0.4) is 0 Å². The van der Waals surface area contributed by atoms with Crippen molar-refractivity contribution in [3.05, 3.63) is 46.5 Å². The van der Waals surface area contributed by atoms with Gasteiger partial charge in [-0.3, -0.25) is 14.9 Å². The Labute approximate surface area is 134 Å². The molecule has 1 aromatic carbocycles. The van der Waals surface area contributed by atoms with Crippen LogP contribution in [0.5, 0.6) is 5.75 Å². The average Bonchev–Trinajstić information content (AvgIpc) is 2.51. The van der Waals surface area contributed by atoms with Crippen molar-refractivity contribution in [3.63, 3.8) is 0 Å². The number of hydrogen-bond acceptors (Lipinski definition) is 5. The Kier molecular flexibility index (Phi) is 6.92. The number of carbonyl (C=O) groups is 2. The van der Waals surface area contributed by atoms with Gasteiger partial charge in [0, 0.05) is 17.7 Å². The Hall–Kier alpha value is -2.70. The van der Waals surface area contributed by atoms with Crippen molar-refractivity contribution in [2.75, 3.05) is 0 Å². The lowest BCUT2D eigenvalue weighted by molar-refractivity contribution is -0.384. The first-order chi connectivity index (χ1) is 10.8. The Balaban J connectivity index is 2.77. The van der Waals surface area contributed by atoms with E-state index in [1.54, 1.807) is 6.92 Å². The lowest BCUT2D eigenvalue weighted by atomic mass is 10.1. The smallest absolute Gasteiger partial charge is 0.334 e. The molecule has 23 heavy (non-hydrogen) atoms.